The Morgan fingerprint density at radius 3 is 2.75 bits per heavy atom. The van der Waals surface area contributed by atoms with Crippen LogP contribution in [-0.2, 0) is 4.79 Å². The number of anilines is 1. The fourth-order valence-electron chi connectivity index (χ4n) is 2.50. The van der Waals surface area contributed by atoms with E-state index >= 15 is 0 Å². The molecule has 1 N–H and O–H groups in total. The van der Waals surface area contributed by atoms with Crippen molar-refractivity contribution >= 4 is 34.0 Å². The maximum Gasteiger partial charge on any atom is 0.275 e. The Hall–Kier alpha value is -2.66. The third-order valence-electron chi connectivity index (χ3n) is 3.91. The van der Waals surface area contributed by atoms with Crippen molar-refractivity contribution in [2.75, 3.05) is 5.32 Å². The number of fused-ring (bicyclic) bond motifs is 1. The van der Waals surface area contributed by atoms with Gasteiger partial charge < -0.3 is 5.32 Å². The van der Waals surface area contributed by atoms with Crippen LogP contribution in [0.5, 0.6) is 0 Å². The van der Waals surface area contributed by atoms with E-state index < -0.39 is 6.04 Å². The Bertz CT molecular complexity index is 981. The second-order valence-corrected chi connectivity index (χ2v) is 6.04. The number of halogens is 1. The molecule has 5 nitrogen and oxygen atoms in total. The first-order valence-corrected chi connectivity index (χ1v) is 7.89. The molecule has 0 unspecified atom stereocenters. The summed E-state index contributed by atoms with van der Waals surface area (Å²) in [5.74, 6) is -0.315. The lowest BCUT2D eigenvalue weighted by atomic mass is 10.2. The second kappa shape index (κ2) is 6.45. The zero-order valence-electron chi connectivity index (χ0n) is 13.3. The zero-order chi connectivity index (χ0) is 17.3. The third kappa shape index (κ3) is 3.03. The molecule has 0 spiro atoms. The molecule has 0 aliphatic carbocycles. The van der Waals surface area contributed by atoms with E-state index in [1.54, 1.807) is 43.5 Å². The predicted molar refractivity (Wildman–Crippen MR) is 95.5 cm³/mol. The first kappa shape index (κ1) is 16.2. The van der Waals surface area contributed by atoms with Crippen LogP contribution in [0.3, 0.4) is 0 Å². The number of rotatable bonds is 3. The van der Waals surface area contributed by atoms with Crippen LogP contribution in [0, 0.1) is 6.92 Å². The van der Waals surface area contributed by atoms with Gasteiger partial charge in [0, 0.05) is 16.1 Å². The third-order valence-corrected chi connectivity index (χ3v) is 4.15. The standard InChI is InChI=1S/C18H16ClN3O2/c1-11-9-14(19)7-8-16(11)21-17(23)12(2)22-18(24)15-6-4-3-5-13(15)10-20-22/h3-10,12H,1-2H3,(H,21,23)/t12-/m1/s1. The Labute approximate surface area is 143 Å². The van der Waals surface area contributed by atoms with E-state index in [9.17, 15) is 9.59 Å². The number of hydrogen-bond acceptors (Lipinski definition) is 3. The van der Waals surface area contributed by atoms with Crippen LogP contribution < -0.4 is 10.9 Å². The second-order valence-electron chi connectivity index (χ2n) is 5.61. The molecule has 24 heavy (non-hydrogen) atoms. The average molecular weight is 342 g/mol. The first-order valence-electron chi connectivity index (χ1n) is 7.51. The smallest absolute Gasteiger partial charge is 0.275 e. The highest BCUT2D eigenvalue weighted by atomic mass is 35.5. The Morgan fingerprint density at radius 1 is 1.25 bits per heavy atom. The summed E-state index contributed by atoms with van der Waals surface area (Å²) >= 11 is 5.92. The summed E-state index contributed by atoms with van der Waals surface area (Å²) in [6.07, 6.45) is 1.59. The molecule has 2 aromatic carbocycles. The molecule has 1 atom stereocenters. The van der Waals surface area contributed by atoms with Gasteiger partial charge >= 0.3 is 0 Å². The van der Waals surface area contributed by atoms with Gasteiger partial charge in [-0.2, -0.15) is 5.10 Å². The van der Waals surface area contributed by atoms with Crippen molar-refractivity contribution in [2.24, 2.45) is 0 Å². The molecule has 0 saturated heterocycles. The molecule has 0 saturated carbocycles. The minimum absolute atomic E-state index is 0.288. The number of carbonyl (C=O) groups excluding carboxylic acids is 1. The SMILES string of the molecule is Cc1cc(Cl)ccc1NC(=O)[C@@H](C)n1ncc2ccccc2c1=O. The topological polar surface area (TPSA) is 64.0 Å². The summed E-state index contributed by atoms with van der Waals surface area (Å²) in [4.78, 5) is 25.0. The summed E-state index contributed by atoms with van der Waals surface area (Å²) in [5.41, 5.74) is 1.22. The fourth-order valence-corrected chi connectivity index (χ4v) is 2.72. The number of hydrogen-bond donors (Lipinski definition) is 1. The van der Waals surface area contributed by atoms with E-state index in [2.05, 4.69) is 10.4 Å². The Balaban J connectivity index is 1.91. The molecule has 6 heteroatoms. The van der Waals surface area contributed by atoms with Gasteiger partial charge in [0.05, 0.1) is 11.6 Å². The molecule has 1 aromatic heterocycles. The average Bonchev–Trinajstić information content (AvgIpc) is 2.57. The minimum Gasteiger partial charge on any atom is -0.324 e. The largest absolute Gasteiger partial charge is 0.324 e. The quantitative estimate of drug-likeness (QED) is 0.792. The lowest BCUT2D eigenvalue weighted by molar-refractivity contribution is -0.119. The Kier molecular flexibility index (Phi) is 4.36. The van der Waals surface area contributed by atoms with Crippen molar-refractivity contribution in [2.45, 2.75) is 19.9 Å². The van der Waals surface area contributed by atoms with Gasteiger partial charge in [-0.25, -0.2) is 4.68 Å². The number of carbonyl (C=O) groups is 1. The van der Waals surface area contributed by atoms with E-state index in [1.807, 2.05) is 19.1 Å². The highest BCUT2D eigenvalue weighted by Crippen LogP contribution is 2.20. The lowest BCUT2D eigenvalue weighted by Crippen LogP contribution is -2.33. The molecule has 122 valence electrons. The molecule has 1 amide bonds. The van der Waals surface area contributed by atoms with Gasteiger partial charge in [0.15, 0.2) is 0 Å². The van der Waals surface area contributed by atoms with E-state index in [0.717, 1.165) is 10.9 Å². The molecular formula is C18H16ClN3O2. The van der Waals surface area contributed by atoms with Crippen LogP contribution in [0.4, 0.5) is 5.69 Å². The van der Waals surface area contributed by atoms with Crippen LogP contribution >= 0.6 is 11.6 Å². The number of benzene rings is 2. The minimum atomic E-state index is -0.739. The first-order chi connectivity index (χ1) is 11.5. The summed E-state index contributed by atoms with van der Waals surface area (Å²) in [7, 11) is 0. The summed E-state index contributed by atoms with van der Waals surface area (Å²) in [6, 6.07) is 11.6. The Morgan fingerprint density at radius 2 is 2.00 bits per heavy atom. The summed E-state index contributed by atoms with van der Waals surface area (Å²) < 4.78 is 1.20. The summed E-state index contributed by atoms with van der Waals surface area (Å²) in [6.45, 7) is 3.50. The normalized spacial score (nSPS) is 12.1. The molecule has 3 aromatic rings. The van der Waals surface area contributed by atoms with E-state index in [0.29, 0.717) is 16.1 Å². The molecule has 1 heterocycles. The van der Waals surface area contributed by atoms with Gasteiger partial charge in [0.2, 0.25) is 5.91 Å². The van der Waals surface area contributed by atoms with Crippen molar-refractivity contribution in [1.29, 1.82) is 0 Å². The molecule has 3 rings (SSSR count). The molecule has 0 radical (unpaired) electrons. The maximum atomic E-state index is 12.5. The highest BCUT2D eigenvalue weighted by molar-refractivity contribution is 6.30. The molecule has 0 aliphatic rings. The van der Waals surface area contributed by atoms with E-state index in [4.69, 9.17) is 11.6 Å². The van der Waals surface area contributed by atoms with Crippen molar-refractivity contribution < 1.29 is 4.79 Å². The van der Waals surface area contributed by atoms with Gasteiger partial charge in [-0.1, -0.05) is 29.8 Å². The maximum absolute atomic E-state index is 12.5. The van der Waals surface area contributed by atoms with Crippen LogP contribution in [0.25, 0.3) is 10.8 Å². The van der Waals surface area contributed by atoms with Gasteiger partial charge in [-0.15, -0.1) is 0 Å². The van der Waals surface area contributed by atoms with Crippen molar-refractivity contribution in [3.63, 3.8) is 0 Å². The van der Waals surface area contributed by atoms with Crippen LogP contribution in [0.15, 0.2) is 53.5 Å². The molecular weight excluding hydrogens is 326 g/mol. The number of amides is 1. The van der Waals surface area contributed by atoms with Crippen LogP contribution in [-0.4, -0.2) is 15.7 Å². The van der Waals surface area contributed by atoms with Crippen molar-refractivity contribution in [1.82, 2.24) is 9.78 Å². The van der Waals surface area contributed by atoms with Crippen molar-refractivity contribution in [3.05, 3.63) is 69.6 Å². The van der Waals surface area contributed by atoms with Gasteiger partial charge in [0.1, 0.15) is 6.04 Å². The highest BCUT2D eigenvalue weighted by Gasteiger charge is 2.19. The lowest BCUT2D eigenvalue weighted by Gasteiger charge is -2.15. The predicted octanol–water partition coefficient (Wildman–Crippen LogP) is 3.56. The number of nitrogens with one attached hydrogen (secondary N) is 1. The zero-order valence-corrected chi connectivity index (χ0v) is 14.0. The molecule has 0 bridgehead atoms. The number of aryl methyl sites for hydroxylation is 1. The van der Waals surface area contributed by atoms with Gasteiger partial charge in [-0.3, -0.25) is 9.59 Å². The fraction of sp³-hybridized carbons (Fsp3) is 0.167. The number of aromatic nitrogens is 2. The molecule has 0 aliphatic heterocycles. The van der Waals surface area contributed by atoms with Crippen molar-refractivity contribution in [3.8, 4) is 0 Å². The monoisotopic (exact) mass is 341 g/mol. The van der Waals surface area contributed by atoms with Gasteiger partial charge in [0.25, 0.3) is 5.56 Å². The van der Waals surface area contributed by atoms with Crippen LogP contribution in [0.2, 0.25) is 5.02 Å². The van der Waals surface area contributed by atoms with E-state index in [-0.39, 0.29) is 11.5 Å². The summed E-state index contributed by atoms with van der Waals surface area (Å²) in [5, 5.41) is 8.83. The van der Waals surface area contributed by atoms with Crippen LogP contribution in [0.1, 0.15) is 18.5 Å². The number of nitrogens with zero attached hydrogens (tertiary/aromatic N) is 2. The molecule has 0 fully saturated rings. The van der Waals surface area contributed by atoms with Gasteiger partial charge in [-0.05, 0) is 43.7 Å². The van der Waals surface area contributed by atoms with E-state index in [1.165, 1.54) is 4.68 Å².